The highest BCUT2D eigenvalue weighted by Crippen LogP contribution is 2.46. The van der Waals surface area contributed by atoms with Gasteiger partial charge in [0.05, 0.1) is 26.5 Å². The largest absolute Gasteiger partial charge is 0.485 e. The van der Waals surface area contributed by atoms with Crippen molar-refractivity contribution < 1.29 is 22.6 Å². The van der Waals surface area contributed by atoms with Crippen molar-refractivity contribution in [3.63, 3.8) is 0 Å². The Bertz CT molecular complexity index is 1330. The van der Waals surface area contributed by atoms with Crippen molar-refractivity contribution in [2.24, 2.45) is 7.05 Å². The van der Waals surface area contributed by atoms with Gasteiger partial charge in [0.15, 0.2) is 12.4 Å². The Morgan fingerprint density at radius 1 is 1.09 bits per heavy atom. The number of nitrogens with two attached hydrogens (primary N) is 1. The molecule has 2 N–H and O–H groups in total. The van der Waals surface area contributed by atoms with E-state index in [-0.39, 0.29) is 50.4 Å². The van der Waals surface area contributed by atoms with Crippen LogP contribution in [0, 0.1) is 0 Å². The molecule has 0 saturated carbocycles. The molecule has 2 aromatic carbocycles. The Morgan fingerprint density at radius 3 is 2.58 bits per heavy atom. The molecule has 13 heteroatoms. The van der Waals surface area contributed by atoms with Gasteiger partial charge in [-0.1, -0.05) is 35.3 Å². The molecule has 2 heterocycles. The molecular weight excluding hydrogens is 484 g/mol. The predicted octanol–water partition coefficient (Wildman–Crippen LogP) is 4.83. The minimum atomic E-state index is -4.59. The Balaban J connectivity index is 1.92. The van der Waals surface area contributed by atoms with Crippen LogP contribution in [0.3, 0.4) is 0 Å². The summed E-state index contributed by atoms with van der Waals surface area (Å²) in [6.07, 6.45) is -1.93. The van der Waals surface area contributed by atoms with E-state index in [2.05, 4.69) is 20.1 Å². The molecule has 172 valence electrons. The lowest BCUT2D eigenvalue weighted by Gasteiger charge is -2.19. The number of halogens is 5. The van der Waals surface area contributed by atoms with Crippen LogP contribution in [-0.4, -0.2) is 37.5 Å². The van der Waals surface area contributed by atoms with Gasteiger partial charge in [0, 0.05) is 18.7 Å². The standard InChI is InChI=1S/C20H15Cl2F3N6O2/c1-31-9-29-14(30-31)6-32-13-5-12(33-7-20(23,24)25)15(10-3-2-4-11(21)17(10)22)18-16(13)19(26)28-8-27-18/h2-5,8-9H,6-7H2,1H3,(H2,26,27,28). The highest BCUT2D eigenvalue weighted by atomic mass is 35.5. The van der Waals surface area contributed by atoms with Crippen LogP contribution in [0.25, 0.3) is 22.0 Å². The van der Waals surface area contributed by atoms with E-state index >= 15 is 0 Å². The SMILES string of the molecule is Cn1cnc(COc2cc(OCC(F)(F)F)c(-c3cccc(Cl)c3Cl)c3ncnc(N)c23)n1. The molecule has 0 bridgehead atoms. The van der Waals surface area contributed by atoms with Crippen LogP contribution in [0.5, 0.6) is 11.5 Å². The third-order valence-corrected chi connectivity index (χ3v) is 5.30. The van der Waals surface area contributed by atoms with Gasteiger partial charge in [-0.05, 0) is 6.07 Å². The predicted molar refractivity (Wildman–Crippen MR) is 116 cm³/mol. The van der Waals surface area contributed by atoms with Gasteiger partial charge in [0.25, 0.3) is 0 Å². The molecular formula is C20H15Cl2F3N6O2. The Kier molecular flexibility index (Phi) is 6.17. The summed E-state index contributed by atoms with van der Waals surface area (Å²) in [5.74, 6) is 0.312. The molecule has 4 rings (SSSR count). The van der Waals surface area contributed by atoms with Crippen LogP contribution < -0.4 is 15.2 Å². The van der Waals surface area contributed by atoms with Crippen LogP contribution in [0.2, 0.25) is 10.0 Å². The second-order valence-corrected chi connectivity index (χ2v) is 7.64. The lowest BCUT2D eigenvalue weighted by molar-refractivity contribution is -0.153. The summed E-state index contributed by atoms with van der Waals surface area (Å²) in [5, 5.41) is 4.69. The summed E-state index contributed by atoms with van der Waals surface area (Å²) in [6.45, 7) is -1.63. The molecule has 2 aromatic heterocycles. The van der Waals surface area contributed by atoms with E-state index in [0.717, 1.165) is 0 Å². The molecule has 0 atom stereocenters. The molecule has 0 fully saturated rings. The number of ether oxygens (including phenoxy) is 2. The highest BCUT2D eigenvalue weighted by Gasteiger charge is 2.30. The van der Waals surface area contributed by atoms with Crippen LogP contribution in [-0.2, 0) is 13.7 Å². The number of aromatic nitrogens is 5. The molecule has 0 saturated heterocycles. The molecule has 8 nitrogen and oxygen atoms in total. The number of alkyl halides is 3. The number of nitrogens with zero attached hydrogens (tertiary/aromatic N) is 5. The second kappa shape index (κ2) is 8.91. The van der Waals surface area contributed by atoms with E-state index in [0.29, 0.717) is 11.4 Å². The van der Waals surface area contributed by atoms with Crippen LogP contribution >= 0.6 is 23.2 Å². The maximum absolute atomic E-state index is 13.0. The summed E-state index contributed by atoms with van der Waals surface area (Å²) in [7, 11) is 1.68. The molecule has 4 aromatic rings. The zero-order valence-electron chi connectivity index (χ0n) is 16.9. The quantitative estimate of drug-likeness (QED) is 0.406. The van der Waals surface area contributed by atoms with Gasteiger partial charge in [-0.3, -0.25) is 4.68 Å². The van der Waals surface area contributed by atoms with E-state index in [1.165, 1.54) is 23.4 Å². The summed E-state index contributed by atoms with van der Waals surface area (Å²) in [4.78, 5) is 12.3. The number of benzene rings is 2. The van der Waals surface area contributed by atoms with Gasteiger partial charge in [0.2, 0.25) is 0 Å². The van der Waals surface area contributed by atoms with Gasteiger partial charge < -0.3 is 15.2 Å². The number of fused-ring (bicyclic) bond motifs is 1. The van der Waals surface area contributed by atoms with Gasteiger partial charge in [-0.15, -0.1) is 0 Å². The Labute approximate surface area is 195 Å². The molecule has 0 spiro atoms. The summed E-state index contributed by atoms with van der Waals surface area (Å²) in [5.41, 5.74) is 6.74. The minimum Gasteiger partial charge on any atom is -0.485 e. The lowest BCUT2D eigenvalue weighted by atomic mass is 10.00. The topological polar surface area (TPSA) is 101 Å². The van der Waals surface area contributed by atoms with Crippen molar-refractivity contribution in [2.45, 2.75) is 12.8 Å². The number of aryl methyl sites for hydroxylation is 1. The first-order valence-electron chi connectivity index (χ1n) is 9.32. The molecule has 33 heavy (non-hydrogen) atoms. The normalized spacial score (nSPS) is 11.7. The average molecular weight is 499 g/mol. The third-order valence-electron chi connectivity index (χ3n) is 4.48. The van der Waals surface area contributed by atoms with E-state index in [1.807, 2.05) is 0 Å². The summed E-state index contributed by atoms with van der Waals surface area (Å²) >= 11 is 12.5. The summed E-state index contributed by atoms with van der Waals surface area (Å²) in [6, 6.07) is 6.01. The number of anilines is 1. The van der Waals surface area contributed by atoms with Crippen molar-refractivity contribution >= 4 is 39.9 Å². The first-order chi connectivity index (χ1) is 15.6. The Morgan fingerprint density at radius 2 is 1.88 bits per heavy atom. The molecule has 0 aliphatic carbocycles. The smallest absolute Gasteiger partial charge is 0.422 e. The third kappa shape index (κ3) is 4.88. The first-order valence-corrected chi connectivity index (χ1v) is 10.1. The zero-order chi connectivity index (χ0) is 23.8. The van der Waals surface area contributed by atoms with Crippen molar-refractivity contribution in [1.29, 1.82) is 0 Å². The molecule has 0 unspecified atom stereocenters. The van der Waals surface area contributed by atoms with Crippen LogP contribution in [0.1, 0.15) is 5.82 Å². The van der Waals surface area contributed by atoms with Crippen molar-refractivity contribution in [2.75, 3.05) is 12.3 Å². The van der Waals surface area contributed by atoms with E-state index in [4.69, 9.17) is 38.4 Å². The second-order valence-electron chi connectivity index (χ2n) is 6.86. The highest BCUT2D eigenvalue weighted by molar-refractivity contribution is 6.44. The minimum absolute atomic E-state index is 0.0470. The van der Waals surface area contributed by atoms with Crippen molar-refractivity contribution in [1.82, 2.24) is 24.7 Å². The summed E-state index contributed by atoms with van der Waals surface area (Å²) < 4.78 is 51.4. The fraction of sp³-hybridized carbons (Fsp3) is 0.200. The van der Waals surface area contributed by atoms with Gasteiger partial charge in [-0.25, -0.2) is 15.0 Å². The van der Waals surface area contributed by atoms with Gasteiger partial charge >= 0.3 is 6.18 Å². The maximum atomic E-state index is 13.0. The Hall–Kier alpha value is -3.31. The van der Waals surface area contributed by atoms with Crippen LogP contribution in [0.15, 0.2) is 36.9 Å². The maximum Gasteiger partial charge on any atom is 0.422 e. The van der Waals surface area contributed by atoms with E-state index in [9.17, 15) is 13.2 Å². The van der Waals surface area contributed by atoms with Gasteiger partial charge in [-0.2, -0.15) is 18.3 Å². The van der Waals surface area contributed by atoms with E-state index in [1.54, 1.807) is 25.2 Å². The monoisotopic (exact) mass is 498 g/mol. The van der Waals surface area contributed by atoms with Crippen LogP contribution in [0.4, 0.5) is 19.0 Å². The molecule has 0 aliphatic heterocycles. The fourth-order valence-corrected chi connectivity index (χ4v) is 3.54. The van der Waals surface area contributed by atoms with Crippen molar-refractivity contribution in [3.05, 3.63) is 52.8 Å². The number of rotatable bonds is 6. The number of hydrogen-bond donors (Lipinski definition) is 1. The molecule has 0 aliphatic rings. The van der Waals surface area contributed by atoms with Gasteiger partial charge in [0.1, 0.15) is 36.6 Å². The zero-order valence-corrected chi connectivity index (χ0v) is 18.4. The number of nitrogen functional groups attached to an aromatic ring is 1. The lowest BCUT2D eigenvalue weighted by Crippen LogP contribution is -2.19. The number of hydrogen-bond acceptors (Lipinski definition) is 7. The molecule has 0 amide bonds. The van der Waals surface area contributed by atoms with Crippen molar-refractivity contribution in [3.8, 4) is 22.6 Å². The average Bonchev–Trinajstić information content (AvgIpc) is 3.17. The van der Waals surface area contributed by atoms with E-state index < -0.39 is 12.8 Å². The molecule has 0 radical (unpaired) electrons. The first kappa shape index (κ1) is 22.9. The fourth-order valence-electron chi connectivity index (χ4n) is 3.15.